The molecule has 0 aliphatic rings. The Balaban J connectivity index is 0.00000392. The monoisotopic (exact) mass is 867 g/mol. The number of fused-ring (bicyclic) bond motifs is 2. The van der Waals surface area contributed by atoms with Crippen LogP contribution in [0.5, 0.6) is 0 Å². The zero-order chi connectivity index (χ0) is 36.1. The van der Waals surface area contributed by atoms with Crippen molar-refractivity contribution in [2.75, 3.05) is 0 Å². The molecule has 0 amide bonds. The van der Waals surface area contributed by atoms with Gasteiger partial charge in [-0.05, 0) is 49.2 Å². The van der Waals surface area contributed by atoms with Crippen LogP contribution in [0.1, 0.15) is 168 Å². The Labute approximate surface area is 368 Å². The summed E-state index contributed by atoms with van der Waals surface area (Å²) in [6.07, 6.45) is 32.6. The SMILES string of the molecule is CCCCCCCCCCCCCCn1c(-c2cccc(-c3nc4ccccc4n3CCCCCCCCCCCCCC)n2)nc2ccccc21.[Cl-].[Cl-].[Cl-].[Co+3]. The number of aryl methyl sites for hydroxylation is 2. The minimum atomic E-state index is 0. The topological polar surface area (TPSA) is 48.5 Å². The van der Waals surface area contributed by atoms with Crippen LogP contribution in [-0.2, 0) is 29.9 Å². The molecule has 0 fully saturated rings. The molecule has 0 radical (unpaired) electrons. The second-order valence-corrected chi connectivity index (χ2v) is 15.3. The molecule has 3 aromatic heterocycles. The first-order chi connectivity index (χ1) is 25.8. The van der Waals surface area contributed by atoms with E-state index in [-0.39, 0.29) is 54.0 Å². The molecule has 5 aromatic rings. The van der Waals surface area contributed by atoms with E-state index in [1.165, 1.54) is 165 Å². The fourth-order valence-corrected chi connectivity index (χ4v) is 7.90. The van der Waals surface area contributed by atoms with Crippen LogP contribution < -0.4 is 37.2 Å². The Morgan fingerprint density at radius 2 is 0.661 bits per heavy atom. The van der Waals surface area contributed by atoms with Gasteiger partial charge >= 0.3 is 16.8 Å². The Morgan fingerprint density at radius 1 is 0.357 bits per heavy atom. The molecule has 5 nitrogen and oxygen atoms in total. The standard InChI is InChI=1S/C47H69N5.3ClH.Co/c1-3-5-7-9-11-13-15-17-19-21-23-29-38-51-44-36-27-25-32-40(44)49-46(51)42-34-31-35-43(48-42)47-50-41-33-26-28-37-45(41)52(47)39-30-24-22-20-18-16-14-12-10-8-6-4-2;;;;/h25-28,31-37H,3-24,29-30,38-39H2,1-2H3;3*1H;/q;;;;+3/p-3. The number of imidazole rings is 2. The Kier molecular flexibility index (Phi) is 28.7. The van der Waals surface area contributed by atoms with E-state index < -0.39 is 0 Å². The van der Waals surface area contributed by atoms with Crippen LogP contribution in [0, 0.1) is 0 Å². The van der Waals surface area contributed by atoms with Gasteiger partial charge in [0.25, 0.3) is 0 Å². The summed E-state index contributed by atoms with van der Waals surface area (Å²) in [6.45, 7) is 6.53. The summed E-state index contributed by atoms with van der Waals surface area (Å²) in [7, 11) is 0. The summed E-state index contributed by atoms with van der Waals surface area (Å²) >= 11 is 0. The summed E-state index contributed by atoms with van der Waals surface area (Å²) in [5, 5.41) is 0. The molecule has 0 saturated heterocycles. The first-order valence-electron chi connectivity index (χ1n) is 21.7. The molecule has 0 bridgehead atoms. The predicted molar refractivity (Wildman–Crippen MR) is 224 cm³/mol. The minimum Gasteiger partial charge on any atom is -1.00 e. The van der Waals surface area contributed by atoms with Crippen LogP contribution >= 0.6 is 0 Å². The van der Waals surface area contributed by atoms with Crippen LogP contribution in [0.25, 0.3) is 45.1 Å². The molecule has 0 spiro atoms. The Morgan fingerprint density at radius 3 is 1.00 bits per heavy atom. The number of benzene rings is 2. The van der Waals surface area contributed by atoms with E-state index in [4.69, 9.17) is 15.0 Å². The average molecular weight is 869 g/mol. The predicted octanol–water partition coefficient (Wildman–Crippen LogP) is 5.53. The largest absolute Gasteiger partial charge is 3.00 e. The van der Waals surface area contributed by atoms with Crippen molar-refractivity contribution >= 4 is 22.1 Å². The Hall–Kier alpha value is -2.09. The van der Waals surface area contributed by atoms with Gasteiger partial charge < -0.3 is 46.4 Å². The maximum Gasteiger partial charge on any atom is 3.00 e. The number of halogens is 3. The first kappa shape index (κ1) is 51.9. The van der Waals surface area contributed by atoms with E-state index in [2.05, 4.69) is 89.7 Å². The van der Waals surface area contributed by atoms with Gasteiger partial charge in [-0.1, -0.05) is 185 Å². The summed E-state index contributed by atoms with van der Waals surface area (Å²) < 4.78 is 4.82. The summed E-state index contributed by atoms with van der Waals surface area (Å²) in [5.41, 5.74) is 6.35. The first-order valence-corrected chi connectivity index (χ1v) is 21.7. The third-order valence-electron chi connectivity index (χ3n) is 11.0. The molecule has 0 unspecified atom stereocenters. The van der Waals surface area contributed by atoms with Crippen molar-refractivity contribution in [2.45, 2.75) is 181 Å². The van der Waals surface area contributed by atoms with Gasteiger partial charge in [0.2, 0.25) is 0 Å². The Bertz CT molecular complexity index is 1600. The van der Waals surface area contributed by atoms with Crippen LogP contribution in [0.3, 0.4) is 0 Å². The minimum absolute atomic E-state index is 0. The number of hydrogen-bond donors (Lipinski definition) is 0. The summed E-state index contributed by atoms with van der Waals surface area (Å²) in [6, 6.07) is 23.5. The number of pyridine rings is 1. The molecule has 5 rings (SSSR count). The van der Waals surface area contributed by atoms with Gasteiger partial charge in [-0.15, -0.1) is 0 Å². The van der Waals surface area contributed by atoms with Gasteiger partial charge in [0, 0.05) is 13.1 Å². The van der Waals surface area contributed by atoms with Crippen molar-refractivity contribution < 1.29 is 54.0 Å². The van der Waals surface area contributed by atoms with Gasteiger partial charge in [0.1, 0.15) is 11.4 Å². The average Bonchev–Trinajstić information content (AvgIpc) is 3.74. The third kappa shape index (κ3) is 16.6. The molecule has 0 aliphatic carbocycles. The number of unbranched alkanes of at least 4 members (excludes halogenated alkanes) is 22. The molecule has 312 valence electrons. The molecular formula is C47H69Cl3CoN5. The van der Waals surface area contributed by atoms with E-state index in [1.54, 1.807) is 0 Å². The molecule has 0 aliphatic heterocycles. The molecule has 0 saturated carbocycles. The zero-order valence-corrected chi connectivity index (χ0v) is 37.7. The molecule has 2 aromatic carbocycles. The van der Waals surface area contributed by atoms with E-state index >= 15 is 0 Å². The quantitative estimate of drug-likeness (QED) is 0.0623. The molecule has 0 atom stereocenters. The van der Waals surface area contributed by atoms with Crippen molar-refractivity contribution in [2.24, 2.45) is 0 Å². The zero-order valence-electron chi connectivity index (χ0n) is 34.4. The van der Waals surface area contributed by atoms with E-state index in [1.807, 2.05) is 0 Å². The maximum atomic E-state index is 5.28. The molecule has 3 heterocycles. The number of para-hydroxylation sites is 4. The van der Waals surface area contributed by atoms with Crippen LogP contribution in [0.4, 0.5) is 0 Å². The van der Waals surface area contributed by atoms with Crippen LogP contribution in [0.2, 0.25) is 0 Å². The summed E-state index contributed by atoms with van der Waals surface area (Å²) in [5.74, 6) is 1.93. The number of aromatic nitrogens is 5. The smallest absolute Gasteiger partial charge is 1.00 e. The van der Waals surface area contributed by atoms with Crippen LogP contribution in [-0.4, -0.2) is 24.1 Å². The van der Waals surface area contributed by atoms with Gasteiger partial charge in [-0.25, -0.2) is 15.0 Å². The number of nitrogens with zero attached hydrogens (tertiary/aromatic N) is 5. The van der Waals surface area contributed by atoms with E-state index in [0.29, 0.717) is 0 Å². The van der Waals surface area contributed by atoms with Crippen molar-refractivity contribution in [3.8, 4) is 23.0 Å². The second-order valence-electron chi connectivity index (χ2n) is 15.3. The number of rotatable bonds is 28. The van der Waals surface area contributed by atoms with Crippen molar-refractivity contribution in [1.82, 2.24) is 24.1 Å². The van der Waals surface area contributed by atoms with Gasteiger partial charge in [-0.2, -0.15) is 0 Å². The third-order valence-corrected chi connectivity index (χ3v) is 11.0. The van der Waals surface area contributed by atoms with E-state index in [9.17, 15) is 0 Å². The molecule has 9 heteroatoms. The second kappa shape index (κ2) is 30.9. The maximum absolute atomic E-state index is 5.28. The summed E-state index contributed by atoms with van der Waals surface area (Å²) in [4.78, 5) is 15.6. The van der Waals surface area contributed by atoms with Crippen molar-refractivity contribution in [1.29, 1.82) is 0 Å². The number of hydrogen-bond acceptors (Lipinski definition) is 3. The van der Waals surface area contributed by atoms with Crippen molar-refractivity contribution in [3.63, 3.8) is 0 Å². The van der Waals surface area contributed by atoms with E-state index in [0.717, 1.165) is 47.2 Å². The van der Waals surface area contributed by atoms with Crippen molar-refractivity contribution in [3.05, 3.63) is 66.7 Å². The fraction of sp³-hybridized carbons (Fsp3) is 0.596. The van der Waals surface area contributed by atoms with Gasteiger partial charge in [0.15, 0.2) is 11.6 Å². The van der Waals surface area contributed by atoms with Gasteiger partial charge in [0.05, 0.1) is 22.1 Å². The van der Waals surface area contributed by atoms with Gasteiger partial charge in [-0.3, -0.25) is 0 Å². The molecule has 56 heavy (non-hydrogen) atoms. The van der Waals surface area contributed by atoms with Crippen LogP contribution in [0.15, 0.2) is 66.7 Å². The fourth-order valence-electron chi connectivity index (χ4n) is 7.90. The molecule has 0 N–H and O–H groups in total. The molecular weight excluding hydrogens is 800 g/mol. The normalized spacial score (nSPS) is 10.9.